The molecule has 1 aromatic carbocycles. The van der Waals surface area contributed by atoms with Crippen molar-refractivity contribution in [3.05, 3.63) is 40.9 Å². The first-order chi connectivity index (χ1) is 12.1. The van der Waals surface area contributed by atoms with Crippen molar-refractivity contribution in [1.82, 2.24) is 15.2 Å². The smallest absolute Gasteiger partial charge is 0.317 e. The number of aryl methyl sites for hydroxylation is 1. The first-order valence-corrected chi connectivity index (χ1v) is 9.59. The topological polar surface area (TPSA) is 65.5 Å². The van der Waals surface area contributed by atoms with Crippen molar-refractivity contribution in [1.29, 1.82) is 0 Å². The third-order valence-electron chi connectivity index (χ3n) is 4.75. The summed E-state index contributed by atoms with van der Waals surface area (Å²) in [4.78, 5) is 20.1. The SMILES string of the molecule is Cc1nc(-c2ccccc2)sc1[C@@H](C)NC(=O)N1CCC(CO)CC1. The van der Waals surface area contributed by atoms with E-state index in [-0.39, 0.29) is 18.7 Å². The lowest BCUT2D eigenvalue weighted by atomic mass is 9.98. The minimum atomic E-state index is -0.0713. The first-order valence-electron chi connectivity index (χ1n) is 8.77. The average molecular weight is 359 g/mol. The van der Waals surface area contributed by atoms with Crippen LogP contribution >= 0.6 is 11.3 Å². The minimum Gasteiger partial charge on any atom is -0.396 e. The molecule has 1 fully saturated rings. The highest BCUT2D eigenvalue weighted by molar-refractivity contribution is 7.15. The maximum absolute atomic E-state index is 12.5. The third kappa shape index (κ3) is 4.19. The number of urea groups is 1. The van der Waals surface area contributed by atoms with Crippen LogP contribution in [0.2, 0.25) is 0 Å². The Kier molecular flexibility index (Phi) is 5.71. The molecule has 0 aliphatic carbocycles. The van der Waals surface area contributed by atoms with Gasteiger partial charge in [-0.25, -0.2) is 9.78 Å². The van der Waals surface area contributed by atoms with Gasteiger partial charge in [0.2, 0.25) is 0 Å². The van der Waals surface area contributed by atoms with Gasteiger partial charge in [0.05, 0.1) is 16.6 Å². The van der Waals surface area contributed by atoms with E-state index in [0.717, 1.165) is 34.0 Å². The molecule has 25 heavy (non-hydrogen) atoms. The van der Waals surface area contributed by atoms with Gasteiger partial charge >= 0.3 is 6.03 Å². The number of nitrogens with one attached hydrogen (secondary N) is 1. The number of likely N-dealkylation sites (tertiary alicyclic amines) is 1. The van der Waals surface area contributed by atoms with Crippen LogP contribution in [-0.4, -0.2) is 40.7 Å². The van der Waals surface area contributed by atoms with Gasteiger partial charge in [0.25, 0.3) is 0 Å². The highest BCUT2D eigenvalue weighted by atomic mass is 32.1. The zero-order valence-electron chi connectivity index (χ0n) is 14.7. The highest BCUT2D eigenvalue weighted by Gasteiger charge is 2.24. The van der Waals surface area contributed by atoms with E-state index in [9.17, 15) is 9.90 Å². The standard InChI is InChI=1S/C19H25N3O2S/c1-13-17(25-18(20-13)16-6-4-3-5-7-16)14(2)21-19(24)22-10-8-15(12-23)9-11-22/h3-7,14-15,23H,8-12H2,1-2H3,(H,21,24)/t14-/m1/s1. The monoisotopic (exact) mass is 359 g/mol. The van der Waals surface area contributed by atoms with Gasteiger partial charge in [-0.1, -0.05) is 30.3 Å². The van der Waals surface area contributed by atoms with Crippen molar-refractivity contribution in [2.45, 2.75) is 32.7 Å². The number of thiazole rings is 1. The quantitative estimate of drug-likeness (QED) is 0.877. The van der Waals surface area contributed by atoms with E-state index in [1.54, 1.807) is 11.3 Å². The fourth-order valence-electron chi connectivity index (χ4n) is 3.17. The molecule has 5 nitrogen and oxygen atoms in total. The number of aromatic nitrogens is 1. The van der Waals surface area contributed by atoms with Gasteiger partial charge in [0.1, 0.15) is 5.01 Å². The Labute approximate surface area is 152 Å². The lowest BCUT2D eigenvalue weighted by molar-refractivity contribution is 0.136. The van der Waals surface area contributed by atoms with E-state index in [0.29, 0.717) is 19.0 Å². The first kappa shape index (κ1) is 17.9. The van der Waals surface area contributed by atoms with Gasteiger partial charge in [-0.2, -0.15) is 0 Å². The van der Waals surface area contributed by atoms with E-state index < -0.39 is 0 Å². The number of hydrogen-bond acceptors (Lipinski definition) is 4. The molecule has 0 saturated carbocycles. The summed E-state index contributed by atoms with van der Waals surface area (Å²) in [5.74, 6) is 0.332. The summed E-state index contributed by atoms with van der Waals surface area (Å²) in [5, 5.41) is 13.3. The molecule has 1 aromatic heterocycles. The number of aliphatic hydroxyl groups is 1. The molecule has 0 unspecified atom stereocenters. The molecule has 2 N–H and O–H groups in total. The molecule has 2 aromatic rings. The predicted octanol–water partition coefficient (Wildman–Crippen LogP) is 3.59. The fourth-order valence-corrected chi connectivity index (χ4v) is 4.25. The number of amides is 2. The van der Waals surface area contributed by atoms with Crippen LogP contribution in [0, 0.1) is 12.8 Å². The van der Waals surface area contributed by atoms with Crippen LogP contribution in [-0.2, 0) is 0 Å². The largest absolute Gasteiger partial charge is 0.396 e. The average Bonchev–Trinajstić information content (AvgIpc) is 3.04. The zero-order valence-corrected chi connectivity index (χ0v) is 15.6. The number of benzene rings is 1. The van der Waals surface area contributed by atoms with Crippen molar-refractivity contribution in [3.63, 3.8) is 0 Å². The molecule has 6 heteroatoms. The highest BCUT2D eigenvalue weighted by Crippen LogP contribution is 2.31. The van der Waals surface area contributed by atoms with Crippen molar-refractivity contribution in [2.75, 3.05) is 19.7 Å². The molecular formula is C19H25N3O2S. The molecule has 1 aliphatic rings. The lowest BCUT2D eigenvalue weighted by Crippen LogP contribution is -2.45. The van der Waals surface area contributed by atoms with Crippen LogP contribution in [0.3, 0.4) is 0 Å². The van der Waals surface area contributed by atoms with Crippen molar-refractivity contribution in [2.24, 2.45) is 5.92 Å². The molecule has 2 heterocycles. The summed E-state index contributed by atoms with van der Waals surface area (Å²) in [5.41, 5.74) is 2.07. The van der Waals surface area contributed by atoms with E-state index in [1.165, 1.54) is 0 Å². The maximum atomic E-state index is 12.5. The van der Waals surface area contributed by atoms with Crippen molar-refractivity contribution < 1.29 is 9.90 Å². The van der Waals surface area contributed by atoms with Gasteiger partial charge in [0, 0.05) is 25.3 Å². The number of carbonyl (C=O) groups excluding carboxylic acids is 1. The fraction of sp³-hybridized carbons (Fsp3) is 0.474. The van der Waals surface area contributed by atoms with Crippen LogP contribution in [0.25, 0.3) is 10.6 Å². The second kappa shape index (κ2) is 7.97. The van der Waals surface area contributed by atoms with Crippen molar-refractivity contribution in [3.8, 4) is 10.6 Å². The summed E-state index contributed by atoms with van der Waals surface area (Å²) in [6.45, 7) is 5.64. The molecule has 1 atom stereocenters. The van der Waals surface area contributed by atoms with E-state index in [1.807, 2.05) is 36.9 Å². The van der Waals surface area contributed by atoms with Gasteiger partial charge in [-0.05, 0) is 32.6 Å². The van der Waals surface area contributed by atoms with Gasteiger partial charge in [-0.3, -0.25) is 0 Å². The Hall–Kier alpha value is -1.92. The van der Waals surface area contributed by atoms with Crippen LogP contribution in [0.15, 0.2) is 30.3 Å². The number of carbonyl (C=O) groups is 1. The van der Waals surface area contributed by atoms with Gasteiger partial charge < -0.3 is 15.3 Å². The van der Waals surface area contributed by atoms with Gasteiger partial charge in [0.15, 0.2) is 0 Å². The van der Waals surface area contributed by atoms with E-state index >= 15 is 0 Å². The molecule has 1 saturated heterocycles. The Morgan fingerprint density at radius 3 is 2.68 bits per heavy atom. The number of piperidine rings is 1. The molecule has 0 radical (unpaired) electrons. The normalized spacial score (nSPS) is 16.7. The zero-order chi connectivity index (χ0) is 17.8. The van der Waals surface area contributed by atoms with E-state index in [4.69, 9.17) is 0 Å². The Morgan fingerprint density at radius 1 is 1.36 bits per heavy atom. The third-order valence-corrected chi connectivity index (χ3v) is 6.14. The van der Waals surface area contributed by atoms with E-state index in [2.05, 4.69) is 22.4 Å². The van der Waals surface area contributed by atoms with Crippen molar-refractivity contribution >= 4 is 17.4 Å². The molecule has 3 rings (SSSR count). The lowest BCUT2D eigenvalue weighted by Gasteiger charge is -2.32. The van der Waals surface area contributed by atoms with Crippen LogP contribution in [0.4, 0.5) is 4.79 Å². The second-order valence-corrected chi connectivity index (χ2v) is 7.65. The number of nitrogens with zero attached hydrogens (tertiary/aromatic N) is 2. The van der Waals surface area contributed by atoms with Crippen LogP contribution in [0.1, 0.15) is 36.4 Å². The Morgan fingerprint density at radius 2 is 2.04 bits per heavy atom. The summed E-state index contributed by atoms with van der Waals surface area (Å²) in [7, 11) is 0. The van der Waals surface area contributed by atoms with Crippen LogP contribution < -0.4 is 5.32 Å². The minimum absolute atomic E-state index is 0.0297. The number of rotatable bonds is 4. The predicted molar refractivity (Wildman–Crippen MR) is 101 cm³/mol. The Bertz CT molecular complexity index is 709. The Balaban J connectivity index is 1.64. The molecule has 0 bridgehead atoms. The molecular weight excluding hydrogens is 334 g/mol. The molecule has 134 valence electrons. The summed E-state index contributed by atoms with van der Waals surface area (Å²) in [6.07, 6.45) is 1.74. The number of aliphatic hydroxyl groups excluding tert-OH is 1. The second-order valence-electron chi connectivity index (χ2n) is 6.62. The summed E-state index contributed by atoms with van der Waals surface area (Å²) in [6, 6.07) is 10.0. The number of hydrogen-bond donors (Lipinski definition) is 2. The summed E-state index contributed by atoms with van der Waals surface area (Å²) < 4.78 is 0. The molecule has 2 amide bonds. The van der Waals surface area contributed by atoms with Gasteiger partial charge in [-0.15, -0.1) is 11.3 Å². The molecule has 1 aliphatic heterocycles. The molecule has 0 spiro atoms. The van der Waals surface area contributed by atoms with Crippen LogP contribution in [0.5, 0.6) is 0 Å². The maximum Gasteiger partial charge on any atom is 0.317 e. The summed E-state index contributed by atoms with van der Waals surface area (Å²) >= 11 is 1.64.